The summed E-state index contributed by atoms with van der Waals surface area (Å²) in [7, 11) is 3.21. The highest BCUT2D eigenvalue weighted by molar-refractivity contribution is 5.96. The normalized spacial score (nSPS) is 15.6. The molecule has 0 bridgehead atoms. The van der Waals surface area contributed by atoms with Crippen LogP contribution in [0.2, 0.25) is 0 Å². The Kier molecular flexibility index (Phi) is 5.74. The number of ether oxygens (including phenoxy) is 4. The summed E-state index contributed by atoms with van der Waals surface area (Å²) < 4.78 is 22.5. The van der Waals surface area contributed by atoms with Crippen LogP contribution >= 0.6 is 0 Å². The first-order chi connectivity index (χ1) is 13.1. The molecule has 3 rings (SSSR count). The number of anilines is 1. The summed E-state index contributed by atoms with van der Waals surface area (Å²) in [6.45, 7) is 4.88. The van der Waals surface area contributed by atoms with Crippen molar-refractivity contribution in [3.63, 3.8) is 0 Å². The van der Waals surface area contributed by atoms with Crippen LogP contribution in [0.25, 0.3) is 0 Å². The molecule has 0 saturated carbocycles. The van der Waals surface area contributed by atoms with Gasteiger partial charge in [-0.2, -0.15) is 0 Å². The maximum absolute atomic E-state index is 12.4. The second-order valence-electron chi connectivity index (χ2n) is 6.14. The first kappa shape index (κ1) is 18.9. The molecular formula is C21H25NO5. The first-order valence-electron chi connectivity index (χ1n) is 9.07. The minimum atomic E-state index is -0.173. The molecular weight excluding hydrogens is 346 g/mol. The zero-order chi connectivity index (χ0) is 19.4. The minimum absolute atomic E-state index is 0.0519. The lowest BCUT2D eigenvalue weighted by molar-refractivity contribution is -0.116. The van der Waals surface area contributed by atoms with E-state index >= 15 is 0 Å². The number of hydrogen-bond acceptors (Lipinski definition) is 5. The van der Waals surface area contributed by atoms with Gasteiger partial charge in [0.05, 0.1) is 27.4 Å². The largest absolute Gasteiger partial charge is 0.493 e. The number of carbonyl (C=O) groups is 1. The summed E-state index contributed by atoms with van der Waals surface area (Å²) in [5.41, 5.74) is 2.60. The average molecular weight is 371 g/mol. The summed E-state index contributed by atoms with van der Waals surface area (Å²) >= 11 is 0. The smallest absolute Gasteiger partial charge is 0.225 e. The molecule has 1 atom stereocenters. The predicted molar refractivity (Wildman–Crippen MR) is 103 cm³/mol. The maximum atomic E-state index is 12.4. The van der Waals surface area contributed by atoms with Crippen molar-refractivity contribution in [1.82, 2.24) is 0 Å². The molecule has 0 aliphatic carbocycles. The second kappa shape index (κ2) is 8.20. The fourth-order valence-electron chi connectivity index (χ4n) is 3.47. The molecule has 6 nitrogen and oxygen atoms in total. The van der Waals surface area contributed by atoms with Crippen LogP contribution in [0.4, 0.5) is 5.69 Å². The molecule has 6 heteroatoms. The zero-order valence-corrected chi connectivity index (χ0v) is 16.1. The number of fused-ring (bicyclic) bond motifs is 1. The third-order valence-corrected chi connectivity index (χ3v) is 4.56. The molecule has 1 amide bonds. The molecule has 1 aliphatic heterocycles. The Hall–Kier alpha value is -2.89. The van der Waals surface area contributed by atoms with Crippen molar-refractivity contribution in [2.24, 2.45) is 0 Å². The van der Waals surface area contributed by atoms with Crippen LogP contribution < -0.4 is 24.3 Å². The van der Waals surface area contributed by atoms with Gasteiger partial charge in [-0.3, -0.25) is 4.79 Å². The van der Waals surface area contributed by atoms with Crippen LogP contribution in [0.1, 0.15) is 37.3 Å². The van der Waals surface area contributed by atoms with E-state index in [1.807, 2.05) is 44.2 Å². The van der Waals surface area contributed by atoms with Crippen LogP contribution in [0.5, 0.6) is 23.0 Å². The Labute approximate surface area is 159 Å². The molecule has 1 N–H and O–H groups in total. The molecule has 0 aromatic heterocycles. The van der Waals surface area contributed by atoms with Crippen LogP contribution in [-0.2, 0) is 4.79 Å². The van der Waals surface area contributed by atoms with E-state index in [9.17, 15) is 4.79 Å². The highest BCUT2D eigenvalue weighted by Crippen LogP contribution is 2.47. The summed E-state index contributed by atoms with van der Waals surface area (Å²) in [5, 5.41) is 2.95. The molecule has 144 valence electrons. The Morgan fingerprint density at radius 1 is 0.963 bits per heavy atom. The number of rotatable bonds is 7. The van der Waals surface area contributed by atoms with E-state index in [0.717, 1.165) is 16.8 Å². The van der Waals surface area contributed by atoms with E-state index < -0.39 is 0 Å². The molecule has 27 heavy (non-hydrogen) atoms. The number of carbonyl (C=O) groups excluding carboxylic acids is 1. The monoisotopic (exact) mass is 371 g/mol. The topological polar surface area (TPSA) is 66.0 Å². The van der Waals surface area contributed by atoms with Gasteiger partial charge in [-0.05, 0) is 31.5 Å². The van der Waals surface area contributed by atoms with Crippen molar-refractivity contribution in [3.05, 3.63) is 41.5 Å². The number of methoxy groups -OCH3 is 2. The predicted octanol–water partition coefficient (Wildman–Crippen LogP) is 3.98. The Morgan fingerprint density at radius 2 is 1.67 bits per heavy atom. The third-order valence-electron chi connectivity index (χ3n) is 4.56. The molecule has 0 fully saturated rings. The van der Waals surface area contributed by atoms with E-state index in [1.165, 1.54) is 0 Å². The quantitative estimate of drug-likeness (QED) is 0.798. The molecule has 1 unspecified atom stereocenters. The second-order valence-corrected chi connectivity index (χ2v) is 6.14. The first-order valence-corrected chi connectivity index (χ1v) is 9.07. The van der Waals surface area contributed by atoms with Gasteiger partial charge in [0, 0.05) is 29.7 Å². The SMILES string of the molecule is CCOc1cc2c(cc1OCC)C(c1cccc(OC)c1OC)CC(=O)N2. The number of hydrogen-bond donors (Lipinski definition) is 1. The van der Waals surface area contributed by atoms with Gasteiger partial charge < -0.3 is 24.3 Å². The maximum Gasteiger partial charge on any atom is 0.225 e. The van der Waals surface area contributed by atoms with Crippen molar-refractivity contribution >= 4 is 11.6 Å². The fourth-order valence-corrected chi connectivity index (χ4v) is 3.47. The lowest BCUT2D eigenvalue weighted by Gasteiger charge is -2.29. The van der Waals surface area contributed by atoms with Crippen LogP contribution in [0.3, 0.4) is 0 Å². The van der Waals surface area contributed by atoms with Crippen LogP contribution in [-0.4, -0.2) is 33.3 Å². The molecule has 2 aromatic carbocycles. The average Bonchev–Trinajstić information content (AvgIpc) is 2.67. The Morgan fingerprint density at radius 3 is 2.30 bits per heavy atom. The van der Waals surface area contributed by atoms with Crippen molar-refractivity contribution < 1.29 is 23.7 Å². The molecule has 0 spiro atoms. The van der Waals surface area contributed by atoms with Crippen molar-refractivity contribution in [1.29, 1.82) is 0 Å². The zero-order valence-electron chi connectivity index (χ0n) is 16.1. The van der Waals surface area contributed by atoms with Gasteiger partial charge in [0.25, 0.3) is 0 Å². The van der Waals surface area contributed by atoms with Crippen LogP contribution in [0.15, 0.2) is 30.3 Å². The summed E-state index contributed by atoms with van der Waals surface area (Å²) in [5.74, 6) is 2.34. The van der Waals surface area contributed by atoms with Gasteiger partial charge >= 0.3 is 0 Å². The summed E-state index contributed by atoms with van der Waals surface area (Å²) in [6.07, 6.45) is 0.316. The van der Waals surface area contributed by atoms with Crippen molar-refractivity contribution in [3.8, 4) is 23.0 Å². The van der Waals surface area contributed by atoms with E-state index in [0.29, 0.717) is 42.6 Å². The molecule has 1 aliphatic rings. The van der Waals surface area contributed by atoms with E-state index in [1.54, 1.807) is 14.2 Å². The highest BCUT2D eigenvalue weighted by atomic mass is 16.5. The standard InChI is InChI=1S/C21H25NO5/c1-5-26-18-10-15-14(13-8-7-9-17(24-3)21(13)25-4)11-20(23)22-16(15)12-19(18)27-6-2/h7-10,12,14H,5-6,11H2,1-4H3,(H,22,23). The molecule has 0 radical (unpaired) electrons. The van der Waals surface area contributed by atoms with Gasteiger partial charge in [-0.25, -0.2) is 0 Å². The van der Waals surface area contributed by atoms with Gasteiger partial charge in [0.1, 0.15) is 0 Å². The van der Waals surface area contributed by atoms with Gasteiger partial charge in [-0.1, -0.05) is 12.1 Å². The Balaban J connectivity index is 2.16. The lowest BCUT2D eigenvalue weighted by atomic mass is 9.84. The molecule has 1 heterocycles. The van der Waals surface area contributed by atoms with E-state index in [4.69, 9.17) is 18.9 Å². The summed E-state index contributed by atoms with van der Waals surface area (Å²) in [6, 6.07) is 9.50. The van der Waals surface area contributed by atoms with E-state index in [-0.39, 0.29) is 11.8 Å². The lowest BCUT2D eigenvalue weighted by Crippen LogP contribution is -2.24. The summed E-state index contributed by atoms with van der Waals surface area (Å²) in [4.78, 5) is 12.4. The number of para-hydroxylation sites is 1. The number of benzene rings is 2. The number of nitrogens with one attached hydrogen (secondary N) is 1. The number of amides is 1. The van der Waals surface area contributed by atoms with Gasteiger partial charge in [0.15, 0.2) is 23.0 Å². The van der Waals surface area contributed by atoms with Crippen LogP contribution in [0, 0.1) is 0 Å². The molecule has 2 aromatic rings. The highest BCUT2D eigenvalue weighted by Gasteiger charge is 2.31. The fraction of sp³-hybridized carbons (Fsp3) is 0.381. The van der Waals surface area contributed by atoms with Crippen molar-refractivity contribution in [2.45, 2.75) is 26.2 Å². The molecule has 0 saturated heterocycles. The Bertz CT molecular complexity index is 834. The van der Waals surface area contributed by atoms with Gasteiger partial charge in [-0.15, -0.1) is 0 Å². The van der Waals surface area contributed by atoms with Gasteiger partial charge in [0.2, 0.25) is 5.91 Å². The van der Waals surface area contributed by atoms with E-state index in [2.05, 4.69) is 5.32 Å². The third kappa shape index (κ3) is 3.65. The van der Waals surface area contributed by atoms with Crippen molar-refractivity contribution in [2.75, 3.05) is 32.8 Å². The minimum Gasteiger partial charge on any atom is -0.493 e.